The number of amides is 1. The molecule has 3 atom stereocenters. The quantitative estimate of drug-likeness (QED) is 0.811. The maximum atomic E-state index is 12.8. The van der Waals surface area contributed by atoms with Crippen molar-refractivity contribution in [3.63, 3.8) is 0 Å². The molecule has 0 unspecified atom stereocenters. The van der Waals surface area contributed by atoms with Crippen molar-refractivity contribution in [2.24, 2.45) is 7.05 Å². The SMILES string of the molecule is CN(C)CCO[C@@H]1CC[C@H]2[C@H]1OCCN2C(=O)c1cccn1C. The largest absolute Gasteiger partial charge is 0.374 e. The van der Waals surface area contributed by atoms with Gasteiger partial charge in [0.15, 0.2) is 0 Å². The van der Waals surface area contributed by atoms with Gasteiger partial charge < -0.3 is 23.8 Å². The van der Waals surface area contributed by atoms with E-state index in [-0.39, 0.29) is 24.2 Å². The van der Waals surface area contributed by atoms with E-state index in [1.54, 1.807) is 0 Å². The molecule has 2 heterocycles. The van der Waals surface area contributed by atoms with Crippen molar-refractivity contribution in [3.8, 4) is 0 Å². The number of likely N-dealkylation sites (N-methyl/N-ethyl adjacent to an activating group) is 1. The van der Waals surface area contributed by atoms with Crippen LogP contribution in [-0.4, -0.2) is 78.9 Å². The van der Waals surface area contributed by atoms with Gasteiger partial charge in [-0.3, -0.25) is 4.79 Å². The normalized spacial score (nSPS) is 27.5. The standard InChI is InChI=1S/C17H27N3O3/c1-18(2)9-11-22-15-7-6-13-16(15)23-12-10-20(13)17(21)14-5-4-8-19(14)3/h4-5,8,13,15-16H,6-7,9-12H2,1-3H3/t13-,15+,16+/m0/s1. The third kappa shape index (κ3) is 3.44. The second kappa shape index (κ2) is 7.03. The molecule has 0 radical (unpaired) electrons. The number of ether oxygens (including phenoxy) is 2. The summed E-state index contributed by atoms with van der Waals surface area (Å²) >= 11 is 0. The van der Waals surface area contributed by atoms with Crippen LogP contribution in [0.3, 0.4) is 0 Å². The Labute approximate surface area is 137 Å². The number of rotatable bonds is 5. The van der Waals surface area contributed by atoms with Gasteiger partial charge in [0.05, 0.1) is 25.4 Å². The van der Waals surface area contributed by atoms with Gasteiger partial charge in [0, 0.05) is 26.3 Å². The molecule has 3 rings (SSSR count). The zero-order chi connectivity index (χ0) is 16.4. The van der Waals surface area contributed by atoms with Crippen LogP contribution in [-0.2, 0) is 16.5 Å². The number of hydrogen-bond donors (Lipinski definition) is 0. The summed E-state index contributed by atoms with van der Waals surface area (Å²) in [4.78, 5) is 16.9. The third-order valence-electron chi connectivity index (χ3n) is 4.83. The van der Waals surface area contributed by atoms with Crippen LogP contribution >= 0.6 is 0 Å². The first-order valence-corrected chi connectivity index (χ1v) is 8.38. The third-order valence-corrected chi connectivity index (χ3v) is 4.83. The number of carbonyl (C=O) groups excluding carboxylic acids is 1. The molecule has 0 aromatic carbocycles. The number of fused-ring (bicyclic) bond motifs is 1. The molecule has 2 aliphatic rings. The van der Waals surface area contributed by atoms with Gasteiger partial charge in [-0.25, -0.2) is 0 Å². The Hall–Kier alpha value is -1.37. The molecule has 0 spiro atoms. The summed E-state index contributed by atoms with van der Waals surface area (Å²) in [5.74, 6) is 0.102. The van der Waals surface area contributed by atoms with Gasteiger partial charge in [0.2, 0.25) is 0 Å². The molecule has 0 N–H and O–H groups in total. The van der Waals surface area contributed by atoms with Crippen molar-refractivity contribution in [1.82, 2.24) is 14.4 Å². The fourth-order valence-electron chi connectivity index (χ4n) is 3.56. The molecule has 2 fully saturated rings. The van der Waals surface area contributed by atoms with Gasteiger partial charge in [-0.05, 0) is 39.1 Å². The molecule has 1 aromatic heterocycles. The van der Waals surface area contributed by atoms with Crippen molar-refractivity contribution >= 4 is 5.91 Å². The summed E-state index contributed by atoms with van der Waals surface area (Å²) in [7, 11) is 5.99. The van der Waals surface area contributed by atoms with Gasteiger partial charge in [0.1, 0.15) is 11.8 Å². The van der Waals surface area contributed by atoms with Crippen LogP contribution in [0.2, 0.25) is 0 Å². The second-order valence-electron chi connectivity index (χ2n) is 6.70. The Morgan fingerprint density at radius 3 is 2.96 bits per heavy atom. The number of aromatic nitrogens is 1. The molecular formula is C17H27N3O3. The minimum atomic E-state index is 0.00938. The Kier molecular flexibility index (Phi) is 5.04. The van der Waals surface area contributed by atoms with E-state index in [1.807, 2.05) is 48.9 Å². The van der Waals surface area contributed by atoms with Gasteiger partial charge in [-0.15, -0.1) is 0 Å². The highest BCUT2D eigenvalue weighted by Crippen LogP contribution is 2.33. The van der Waals surface area contributed by atoms with E-state index >= 15 is 0 Å². The highest BCUT2D eigenvalue weighted by Gasteiger charge is 2.45. The van der Waals surface area contributed by atoms with Crippen molar-refractivity contribution in [2.75, 3.05) is 40.4 Å². The molecule has 1 aliphatic carbocycles. The van der Waals surface area contributed by atoms with E-state index in [2.05, 4.69) is 4.90 Å². The first-order valence-electron chi connectivity index (χ1n) is 8.38. The van der Waals surface area contributed by atoms with E-state index in [0.717, 1.165) is 25.1 Å². The lowest BCUT2D eigenvalue weighted by Gasteiger charge is -2.39. The van der Waals surface area contributed by atoms with Crippen molar-refractivity contribution < 1.29 is 14.3 Å². The Morgan fingerprint density at radius 2 is 2.26 bits per heavy atom. The Bertz CT molecular complexity index is 543. The molecule has 1 saturated carbocycles. The lowest BCUT2D eigenvalue weighted by molar-refractivity contribution is -0.105. The maximum absolute atomic E-state index is 12.8. The van der Waals surface area contributed by atoms with Gasteiger partial charge >= 0.3 is 0 Å². The molecule has 1 amide bonds. The summed E-state index contributed by atoms with van der Waals surface area (Å²) in [5, 5.41) is 0. The fourth-order valence-corrected chi connectivity index (χ4v) is 3.56. The van der Waals surface area contributed by atoms with Crippen LogP contribution in [0.5, 0.6) is 0 Å². The van der Waals surface area contributed by atoms with Crippen molar-refractivity contribution in [2.45, 2.75) is 31.1 Å². The first kappa shape index (κ1) is 16.5. The number of nitrogens with zero attached hydrogens (tertiary/aromatic N) is 3. The minimum absolute atomic E-state index is 0.00938. The summed E-state index contributed by atoms with van der Waals surface area (Å²) in [6.45, 7) is 2.86. The molecule has 128 valence electrons. The van der Waals surface area contributed by atoms with Crippen LogP contribution in [0, 0.1) is 0 Å². The highest BCUT2D eigenvalue weighted by atomic mass is 16.5. The molecule has 1 aromatic rings. The average Bonchev–Trinajstić information content (AvgIpc) is 3.12. The molecule has 1 saturated heterocycles. The smallest absolute Gasteiger partial charge is 0.270 e. The summed E-state index contributed by atoms with van der Waals surface area (Å²) in [6, 6.07) is 3.93. The van der Waals surface area contributed by atoms with E-state index in [9.17, 15) is 4.79 Å². The van der Waals surface area contributed by atoms with E-state index < -0.39 is 0 Å². The van der Waals surface area contributed by atoms with E-state index in [1.165, 1.54) is 0 Å². The fraction of sp³-hybridized carbons (Fsp3) is 0.706. The number of morpholine rings is 1. The predicted molar refractivity (Wildman–Crippen MR) is 87.5 cm³/mol. The monoisotopic (exact) mass is 321 g/mol. The van der Waals surface area contributed by atoms with Gasteiger partial charge in [0.25, 0.3) is 5.91 Å². The topological polar surface area (TPSA) is 46.9 Å². The van der Waals surface area contributed by atoms with Gasteiger partial charge in [-0.2, -0.15) is 0 Å². The zero-order valence-corrected chi connectivity index (χ0v) is 14.3. The molecule has 6 nitrogen and oxygen atoms in total. The molecule has 1 aliphatic heterocycles. The maximum Gasteiger partial charge on any atom is 0.270 e. The van der Waals surface area contributed by atoms with Crippen LogP contribution in [0.4, 0.5) is 0 Å². The summed E-state index contributed by atoms with van der Waals surface area (Å²) in [5.41, 5.74) is 0.739. The van der Waals surface area contributed by atoms with Crippen molar-refractivity contribution in [3.05, 3.63) is 24.0 Å². The predicted octanol–water partition coefficient (Wildman–Crippen LogP) is 0.975. The van der Waals surface area contributed by atoms with E-state index in [4.69, 9.17) is 9.47 Å². The number of aryl methyl sites for hydroxylation is 1. The lowest BCUT2D eigenvalue weighted by Crippen LogP contribution is -2.54. The summed E-state index contributed by atoms with van der Waals surface area (Å²) < 4.78 is 13.9. The van der Waals surface area contributed by atoms with Crippen molar-refractivity contribution in [1.29, 1.82) is 0 Å². The highest BCUT2D eigenvalue weighted by molar-refractivity contribution is 5.93. The van der Waals surface area contributed by atoms with Crippen LogP contribution in [0.15, 0.2) is 18.3 Å². The van der Waals surface area contributed by atoms with Crippen LogP contribution in [0.1, 0.15) is 23.3 Å². The first-order chi connectivity index (χ1) is 11.1. The molecule has 23 heavy (non-hydrogen) atoms. The summed E-state index contributed by atoms with van der Waals surface area (Å²) in [6.07, 6.45) is 3.93. The lowest BCUT2D eigenvalue weighted by atomic mass is 10.1. The van der Waals surface area contributed by atoms with Crippen LogP contribution in [0.25, 0.3) is 0 Å². The van der Waals surface area contributed by atoms with E-state index in [0.29, 0.717) is 19.8 Å². The van der Waals surface area contributed by atoms with Gasteiger partial charge in [-0.1, -0.05) is 0 Å². The number of carbonyl (C=O) groups is 1. The molecular weight excluding hydrogens is 294 g/mol. The Morgan fingerprint density at radius 1 is 1.43 bits per heavy atom. The minimum Gasteiger partial charge on any atom is -0.374 e. The number of hydrogen-bond acceptors (Lipinski definition) is 4. The Balaban J connectivity index is 1.64. The van der Waals surface area contributed by atoms with Crippen LogP contribution < -0.4 is 0 Å². The molecule has 0 bridgehead atoms. The molecule has 6 heteroatoms. The zero-order valence-electron chi connectivity index (χ0n) is 14.3. The average molecular weight is 321 g/mol. The second-order valence-corrected chi connectivity index (χ2v) is 6.70.